The smallest absolute Gasteiger partial charge is 0.140 e. The summed E-state index contributed by atoms with van der Waals surface area (Å²) in [7, 11) is 1.71. The fourth-order valence-corrected chi connectivity index (χ4v) is 1.52. The molecule has 1 unspecified atom stereocenters. The van der Waals surface area contributed by atoms with Gasteiger partial charge in [0.25, 0.3) is 0 Å². The minimum atomic E-state index is 0.311. The summed E-state index contributed by atoms with van der Waals surface area (Å²) in [6, 6.07) is 4.17. The van der Waals surface area contributed by atoms with Crippen molar-refractivity contribution in [1.82, 2.24) is 4.98 Å². The molecule has 0 aliphatic rings. The van der Waals surface area contributed by atoms with Crippen molar-refractivity contribution in [3.05, 3.63) is 22.8 Å². The summed E-state index contributed by atoms with van der Waals surface area (Å²) in [4.78, 5) is 4.23. The largest absolute Gasteiger partial charge is 0.383 e. The van der Waals surface area contributed by atoms with Crippen LogP contribution in [0.4, 0.5) is 5.82 Å². The van der Waals surface area contributed by atoms with Crippen LogP contribution < -0.4 is 5.32 Å². The van der Waals surface area contributed by atoms with Gasteiger partial charge >= 0.3 is 0 Å². The molecule has 1 rings (SSSR count). The van der Waals surface area contributed by atoms with E-state index in [9.17, 15) is 0 Å². The molecule has 0 amide bonds. The lowest BCUT2D eigenvalue weighted by Gasteiger charge is -2.17. The molecule has 0 saturated heterocycles. The van der Waals surface area contributed by atoms with E-state index in [0.717, 1.165) is 16.7 Å². The summed E-state index contributed by atoms with van der Waals surface area (Å²) >= 11 is 3.44. The highest BCUT2D eigenvalue weighted by Crippen LogP contribution is 2.19. The van der Waals surface area contributed by atoms with Gasteiger partial charge in [0.05, 0.1) is 17.1 Å². The second-order valence-electron chi connectivity index (χ2n) is 3.04. The second kappa shape index (κ2) is 5.98. The number of rotatable bonds is 5. The van der Waals surface area contributed by atoms with Gasteiger partial charge < -0.3 is 10.1 Å². The van der Waals surface area contributed by atoms with Gasteiger partial charge in [0.1, 0.15) is 5.82 Å². The minimum Gasteiger partial charge on any atom is -0.383 e. The first-order chi connectivity index (χ1) is 6.77. The first-order valence-electron chi connectivity index (χ1n) is 4.64. The Balaban J connectivity index is 2.62. The Hall–Kier alpha value is -0.610. The molecule has 3 nitrogen and oxygen atoms in total. The van der Waals surface area contributed by atoms with Gasteiger partial charge in [-0.2, -0.15) is 0 Å². The van der Waals surface area contributed by atoms with Crippen LogP contribution in [0.1, 0.15) is 13.3 Å². The van der Waals surface area contributed by atoms with Gasteiger partial charge in [-0.1, -0.05) is 6.92 Å². The molecule has 0 bridgehead atoms. The van der Waals surface area contributed by atoms with Crippen molar-refractivity contribution in [3.8, 4) is 0 Å². The Morgan fingerprint density at radius 3 is 3.00 bits per heavy atom. The molecular formula is C10H15BrN2O. The highest BCUT2D eigenvalue weighted by atomic mass is 79.9. The Morgan fingerprint density at radius 2 is 2.43 bits per heavy atom. The molecule has 0 radical (unpaired) electrons. The second-order valence-corrected chi connectivity index (χ2v) is 3.89. The molecule has 1 atom stereocenters. The minimum absolute atomic E-state index is 0.311. The average molecular weight is 259 g/mol. The van der Waals surface area contributed by atoms with Crippen LogP contribution in [-0.4, -0.2) is 24.7 Å². The third-order valence-electron chi connectivity index (χ3n) is 1.96. The van der Waals surface area contributed by atoms with Gasteiger partial charge in [0, 0.05) is 13.3 Å². The number of nitrogens with zero attached hydrogens (tertiary/aromatic N) is 1. The normalized spacial score (nSPS) is 12.5. The Labute approximate surface area is 93.0 Å². The molecule has 78 valence electrons. The molecule has 1 aromatic rings. The van der Waals surface area contributed by atoms with E-state index >= 15 is 0 Å². The zero-order valence-electron chi connectivity index (χ0n) is 8.46. The third kappa shape index (κ3) is 3.27. The first-order valence-corrected chi connectivity index (χ1v) is 5.43. The van der Waals surface area contributed by atoms with Gasteiger partial charge in [-0.3, -0.25) is 0 Å². The van der Waals surface area contributed by atoms with E-state index in [-0.39, 0.29) is 0 Å². The van der Waals surface area contributed by atoms with Crippen LogP contribution in [0.25, 0.3) is 0 Å². The van der Waals surface area contributed by atoms with Crippen LogP contribution in [0.15, 0.2) is 22.8 Å². The lowest BCUT2D eigenvalue weighted by molar-refractivity contribution is 0.184. The Bertz CT molecular complexity index is 281. The fraction of sp³-hybridized carbons (Fsp3) is 0.500. The zero-order chi connectivity index (χ0) is 10.4. The van der Waals surface area contributed by atoms with Crippen molar-refractivity contribution < 1.29 is 4.74 Å². The zero-order valence-corrected chi connectivity index (χ0v) is 10.0. The molecule has 1 aromatic heterocycles. The number of halogens is 1. The van der Waals surface area contributed by atoms with E-state index in [1.807, 2.05) is 12.1 Å². The summed E-state index contributed by atoms with van der Waals surface area (Å²) in [5, 5.41) is 3.31. The number of methoxy groups -OCH3 is 1. The third-order valence-corrected chi connectivity index (χ3v) is 2.60. The van der Waals surface area contributed by atoms with Crippen LogP contribution >= 0.6 is 15.9 Å². The van der Waals surface area contributed by atoms with Gasteiger partial charge in [-0.05, 0) is 34.5 Å². The van der Waals surface area contributed by atoms with Crippen molar-refractivity contribution in [2.75, 3.05) is 19.0 Å². The maximum Gasteiger partial charge on any atom is 0.140 e. The molecular weight excluding hydrogens is 244 g/mol. The lowest BCUT2D eigenvalue weighted by Crippen LogP contribution is -2.24. The lowest BCUT2D eigenvalue weighted by atomic mass is 10.2. The molecule has 0 aromatic carbocycles. The Morgan fingerprint density at radius 1 is 1.64 bits per heavy atom. The highest BCUT2D eigenvalue weighted by molar-refractivity contribution is 9.10. The standard InChI is InChI=1S/C10H15BrN2O/c1-3-8(7-14-2)13-10-9(11)5-4-6-12-10/h4-6,8H,3,7H2,1-2H3,(H,12,13). The Kier molecular flexibility index (Phi) is 4.90. The van der Waals surface area contributed by atoms with Crippen molar-refractivity contribution >= 4 is 21.7 Å². The molecule has 1 heterocycles. The maximum atomic E-state index is 5.10. The molecule has 1 N–H and O–H groups in total. The van der Waals surface area contributed by atoms with Crippen LogP contribution in [0, 0.1) is 0 Å². The fourth-order valence-electron chi connectivity index (χ4n) is 1.15. The number of hydrogen-bond donors (Lipinski definition) is 1. The number of hydrogen-bond acceptors (Lipinski definition) is 3. The van der Waals surface area contributed by atoms with Crippen LogP contribution in [0.2, 0.25) is 0 Å². The van der Waals surface area contributed by atoms with Crippen LogP contribution in [-0.2, 0) is 4.74 Å². The van der Waals surface area contributed by atoms with Crippen LogP contribution in [0.3, 0.4) is 0 Å². The van der Waals surface area contributed by atoms with Crippen molar-refractivity contribution in [2.24, 2.45) is 0 Å². The van der Waals surface area contributed by atoms with E-state index < -0.39 is 0 Å². The number of anilines is 1. The first kappa shape index (κ1) is 11.5. The monoisotopic (exact) mass is 258 g/mol. The predicted octanol–water partition coefficient (Wildman–Crippen LogP) is 2.68. The average Bonchev–Trinajstić information content (AvgIpc) is 2.20. The SMILES string of the molecule is CCC(COC)Nc1ncccc1Br. The van der Waals surface area contributed by atoms with Gasteiger partial charge in [-0.25, -0.2) is 4.98 Å². The molecule has 0 saturated carbocycles. The number of ether oxygens (including phenoxy) is 1. The van der Waals surface area contributed by atoms with E-state index in [2.05, 4.69) is 33.2 Å². The van der Waals surface area contributed by atoms with E-state index in [0.29, 0.717) is 12.6 Å². The van der Waals surface area contributed by atoms with Gasteiger partial charge in [0.15, 0.2) is 0 Å². The number of pyridine rings is 1. The maximum absolute atomic E-state index is 5.10. The number of aromatic nitrogens is 1. The quantitative estimate of drug-likeness (QED) is 0.882. The highest BCUT2D eigenvalue weighted by Gasteiger charge is 2.07. The van der Waals surface area contributed by atoms with Gasteiger partial charge in [0.2, 0.25) is 0 Å². The summed E-state index contributed by atoms with van der Waals surface area (Å²) in [5.74, 6) is 0.872. The summed E-state index contributed by atoms with van der Waals surface area (Å²) in [6.07, 6.45) is 2.78. The van der Waals surface area contributed by atoms with Gasteiger partial charge in [-0.15, -0.1) is 0 Å². The molecule has 0 fully saturated rings. The predicted molar refractivity (Wildman–Crippen MR) is 61.5 cm³/mol. The molecule has 0 aliphatic carbocycles. The van der Waals surface area contributed by atoms with Crippen molar-refractivity contribution in [1.29, 1.82) is 0 Å². The van der Waals surface area contributed by atoms with Crippen molar-refractivity contribution in [2.45, 2.75) is 19.4 Å². The van der Waals surface area contributed by atoms with Crippen LogP contribution in [0.5, 0.6) is 0 Å². The van der Waals surface area contributed by atoms with Crippen molar-refractivity contribution in [3.63, 3.8) is 0 Å². The summed E-state index contributed by atoms with van der Waals surface area (Å²) < 4.78 is 6.08. The van der Waals surface area contributed by atoms with E-state index in [4.69, 9.17) is 4.74 Å². The molecule has 0 spiro atoms. The van der Waals surface area contributed by atoms with E-state index in [1.54, 1.807) is 13.3 Å². The topological polar surface area (TPSA) is 34.1 Å². The molecule has 14 heavy (non-hydrogen) atoms. The summed E-state index contributed by atoms with van der Waals surface area (Å²) in [5.41, 5.74) is 0. The van der Waals surface area contributed by atoms with E-state index in [1.165, 1.54) is 0 Å². The summed E-state index contributed by atoms with van der Waals surface area (Å²) in [6.45, 7) is 2.81. The molecule has 0 aliphatic heterocycles. The molecule has 4 heteroatoms. The number of nitrogens with one attached hydrogen (secondary N) is 1.